The Hall–Kier alpha value is -3.51. The van der Waals surface area contributed by atoms with Gasteiger partial charge in [-0.2, -0.15) is 0 Å². The van der Waals surface area contributed by atoms with Crippen LogP contribution in [0.25, 0.3) is 33.4 Å². The van der Waals surface area contributed by atoms with Gasteiger partial charge in [-0.3, -0.25) is 9.20 Å². The van der Waals surface area contributed by atoms with E-state index in [-0.39, 0.29) is 11.1 Å². The summed E-state index contributed by atoms with van der Waals surface area (Å²) in [5, 5.41) is 5.71. The highest BCUT2D eigenvalue weighted by Crippen LogP contribution is 2.35. The molecule has 32 heavy (non-hydrogen) atoms. The third kappa shape index (κ3) is 3.78. The van der Waals surface area contributed by atoms with Gasteiger partial charge in [0.05, 0.1) is 11.4 Å². The van der Waals surface area contributed by atoms with E-state index < -0.39 is 0 Å². The molecule has 3 heterocycles. The molecule has 0 saturated carbocycles. The maximum atomic E-state index is 11.1. The highest BCUT2D eigenvalue weighted by atomic mass is 16.5. The Bertz CT molecular complexity index is 1380. The van der Waals surface area contributed by atoms with Gasteiger partial charge >= 0.3 is 0 Å². The lowest BCUT2D eigenvalue weighted by Gasteiger charge is -2.41. The number of nitrogens with one attached hydrogen (secondary N) is 1. The van der Waals surface area contributed by atoms with Crippen LogP contribution in [0.4, 0.5) is 0 Å². The molecular weight excluding hydrogens is 400 g/mol. The van der Waals surface area contributed by atoms with E-state index in [9.17, 15) is 4.79 Å². The van der Waals surface area contributed by atoms with Crippen LogP contribution in [-0.4, -0.2) is 31.9 Å². The quantitative estimate of drug-likeness (QED) is 0.464. The molecule has 0 bridgehead atoms. The Morgan fingerprint density at radius 1 is 1.03 bits per heavy atom. The van der Waals surface area contributed by atoms with E-state index >= 15 is 0 Å². The van der Waals surface area contributed by atoms with Gasteiger partial charge in [0, 0.05) is 29.0 Å². The number of aromatic nitrogens is 3. The molecule has 0 fully saturated rings. The molecule has 4 aromatic rings. The van der Waals surface area contributed by atoms with Crippen LogP contribution in [0.2, 0.25) is 0 Å². The molecule has 162 valence electrons. The van der Waals surface area contributed by atoms with Crippen LogP contribution in [0.15, 0.2) is 60.9 Å². The minimum atomic E-state index is -0.113. The van der Waals surface area contributed by atoms with Crippen LogP contribution in [0.3, 0.4) is 0 Å². The minimum absolute atomic E-state index is 0.0197. The van der Waals surface area contributed by atoms with Gasteiger partial charge in [-0.25, -0.2) is 9.97 Å². The average molecular weight is 427 g/mol. The van der Waals surface area contributed by atoms with Crippen molar-refractivity contribution in [2.45, 2.75) is 45.2 Å². The maximum absolute atomic E-state index is 11.1. The zero-order valence-corrected chi connectivity index (χ0v) is 18.7. The third-order valence-corrected chi connectivity index (χ3v) is 5.78. The second-order valence-electron chi connectivity index (χ2n) is 9.63. The van der Waals surface area contributed by atoms with Crippen molar-refractivity contribution in [3.8, 4) is 17.0 Å². The van der Waals surface area contributed by atoms with Crippen LogP contribution >= 0.6 is 0 Å². The van der Waals surface area contributed by atoms with E-state index in [1.165, 1.54) is 5.57 Å². The van der Waals surface area contributed by atoms with E-state index in [1.807, 2.05) is 59.3 Å². The van der Waals surface area contributed by atoms with E-state index in [1.54, 1.807) is 0 Å². The van der Waals surface area contributed by atoms with Gasteiger partial charge in [0.25, 0.3) is 6.47 Å². The van der Waals surface area contributed by atoms with Crippen molar-refractivity contribution in [1.29, 1.82) is 0 Å². The predicted molar refractivity (Wildman–Crippen MR) is 127 cm³/mol. The smallest absolute Gasteiger partial charge is 0.298 e. The lowest BCUT2D eigenvalue weighted by Crippen LogP contribution is -2.53. The molecule has 1 aliphatic heterocycles. The number of ether oxygens (including phenoxy) is 1. The SMILES string of the molecule is CC1(C)C=C(c2ccn3cc(-c4cc5ccccc5cc4OC=O)nc3n2)CC(C)(C)N1. The minimum Gasteiger partial charge on any atom is -0.428 e. The Labute approximate surface area is 187 Å². The number of imidazole rings is 1. The number of carbonyl (C=O) groups excluding carboxylic acids is 1. The van der Waals surface area contributed by atoms with Crippen molar-refractivity contribution in [3.63, 3.8) is 0 Å². The van der Waals surface area contributed by atoms with Crippen molar-refractivity contribution < 1.29 is 9.53 Å². The van der Waals surface area contributed by atoms with Gasteiger partial charge in [0.2, 0.25) is 5.78 Å². The first-order chi connectivity index (χ1) is 15.2. The number of rotatable bonds is 4. The molecule has 1 N–H and O–H groups in total. The fourth-order valence-electron chi connectivity index (χ4n) is 4.83. The normalized spacial score (nSPS) is 17.3. The molecule has 1 aliphatic rings. The van der Waals surface area contributed by atoms with Crippen LogP contribution < -0.4 is 10.1 Å². The van der Waals surface area contributed by atoms with Crippen molar-refractivity contribution in [2.75, 3.05) is 0 Å². The Balaban J connectivity index is 1.60. The van der Waals surface area contributed by atoms with E-state index in [4.69, 9.17) is 14.7 Å². The zero-order valence-electron chi connectivity index (χ0n) is 18.7. The third-order valence-electron chi connectivity index (χ3n) is 5.78. The molecule has 0 spiro atoms. The summed E-state index contributed by atoms with van der Waals surface area (Å²) >= 11 is 0. The molecular formula is C26H26N4O2. The molecule has 0 saturated heterocycles. The van der Waals surface area contributed by atoms with Gasteiger partial charge in [-0.1, -0.05) is 30.3 Å². The van der Waals surface area contributed by atoms with Crippen LogP contribution in [0, 0.1) is 0 Å². The molecule has 6 heteroatoms. The van der Waals surface area contributed by atoms with Crippen LogP contribution in [0.5, 0.6) is 5.75 Å². The largest absolute Gasteiger partial charge is 0.428 e. The van der Waals surface area contributed by atoms with E-state index in [2.05, 4.69) is 39.1 Å². The monoisotopic (exact) mass is 426 g/mol. The molecule has 0 atom stereocenters. The maximum Gasteiger partial charge on any atom is 0.298 e. The summed E-state index contributed by atoms with van der Waals surface area (Å²) in [5.41, 5.74) is 3.47. The van der Waals surface area contributed by atoms with Gasteiger partial charge in [0.15, 0.2) is 0 Å². The van der Waals surface area contributed by atoms with Crippen molar-refractivity contribution >= 4 is 28.6 Å². The van der Waals surface area contributed by atoms with Gasteiger partial charge in [-0.15, -0.1) is 0 Å². The number of fused-ring (bicyclic) bond motifs is 2. The highest BCUT2D eigenvalue weighted by Gasteiger charge is 2.33. The molecule has 5 rings (SSSR count). The second-order valence-corrected chi connectivity index (χ2v) is 9.63. The Morgan fingerprint density at radius 2 is 1.75 bits per heavy atom. The molecule has 0 radical (unpaired) electrons. The summed E-state index contributed by atoms with van der Waals surface area (Å²) in [7, 11) is 0. The highest BCUT2D eigenvalue weighted by molar-refractivity contribution is 5.90. The molecule has 0 amide bonds. The first-order valence-electron chi connectivity index (χ1n) is 10.7. The molecule has 6 nitrogen and oxygen atoms in total. The zero-order chi connectivity index (χ0) is 22.5. The topological polar surface area (TPSA) is 68.5 Å². The molecule has 2 aromatic carbocycles. The van der Waals surface area contributed by atoms with Gasteiger partial charge in [-0.05, 0) is 68.7 Å². The first kappa shape index (κ1) is 20.4. The summed E-state index contributed by atoms with van der Waals surface area (Å²) in [6, 6.07) is 13.9. The Morgan fingerprint density at radius 3 is 2.47 bits per heavy atom. The van der Waals surface area contributed by atoms with Crippen molar-refractivity contribution in [2.24, 2.45) is 0 Å². The fourth-order valence-corrected chi connectivity index (χ4v) is 4.83. The molecule has 0 unspecified atom stereocenters. The summed E-state index contributed by atoms with van der Waals surface area (Å²) in [6.07, 6.45) is 7.03. The predicted octanol–water partition coefficient (Wildman–Crippen LogP) is 5.02. The van der Waals surface area contributed by atoms with Gasteiger partial charge in [0.1, 0.15) is 5.75 Å². The van der Waals surface area contributed by atoms with Gasteiger partial charge < -0.3 is 10.1 Å². The first-order valence-corrected chi connectivity index (χ1v) is 10.7. The van der Waals surface area contributed by atoms with E-state index in [0.29, 0.717) is 23.7 Å². The van der Waals surface area contributed by atoms with Crippen LogP contribution in [0.1, 0.15) is 39.8 Å². The van der Waals surface area contributed by atoms with Crippen molar-refractivity contribution in [3.05, 3.63) is 66.6 Å². The Kier molecular flexibility index (Phi) is 4.64. The summed E-state index contributed by atoms with van der Waals surface area (Å²) in [4.78, 5) is 20.8. The number of nitrogens with zero attached hydrogens (tertiary/aromatic N) is 3. The summed E-state index contributed by atoms with van der Waals surface area (Å²) < 4.78 is 7.19. The lowest BCUT2D eigenvalue weighted by atomic mass is 9.82. The lowest BCUT2D eigenvalue weighted by molar-refractivity contribution is -0.120. The standard InChI is InChI=1S/C26H26N4O2/c1-25(2)13-19(14-26(3,4)29-25)21-9-10-30-15-22(28-24(30)27-21)20-11-17-7-5-6-8-18(17)12-23(20)32-16-31/h5-13,15-16,29H,14H2,1-4H3. The number of carbonyl (C=O) groups is 1. The summed E-state index contributed by atoms with van der Waals surface area (Å²) in [6.45, 7) is 9.22. The average Bonchev–Trinajstić information content (AvgIpc) is 3.14. The number of benzene rings is 2. The second kappa shape index (κ2) is 7.28. The van der Waals surface area contributed by atoms with E-state index in [0.717, 1.165) is 28.5 Å². The fraction of sp³-hybridized carbons (Fsp3) is 0.269. The summed E-state index contributed by atoms with van der Waals surface area (Å²) in [5.74, 6) is 1.09. The molecule has 0 aliphatic carbocycles. The van der Waals surface area contributed by atoms with Crippen molar-refractivity contribution in [1.82, 2.24) is 19.7 Å². The molecule has 2 aromatic heterocycles. The number of hydrogen-bond donors (Lipinski definition) is 1. The van der Waals surface area contributed by atoms with Crippen LogP contribution in [-0.2, 0) is 4.79 Å². The number of hydrogen-bond acceptors (Lipinski definition) is 5.